The second kappa shape index (κ2) is 11.7. The monoisotopic (exact) mass is 577 g/mol. The van der Waals surface area contributed by atoms with Crippen molar-refractivity contribution in [3.05, 3.63) is 125 Å². The summed E-state index contributed by atoms with van der Waals surface area (Å²) < 4.78 is 42.1. The summed E-state index contributed by atoms with van der Waals surface area (Å²) in [7, 11) is -3.89. The number of benzene rings is 4. The van der Waals surface area contributed by atoms with Crippen molar-refractivity contribution >= 4 is 38.9 Å². The van der Waals surface area contributed by atoms with Gasteiger partial charge in [0.25, 0.3) is 15.9 Å². The molecule has 1 amide bonds. The SMILES string of the molecule is Cc1ccc(Cl)cc1N(Cc1ccc(C(=O)N2CCN(c3ccc(F)cc3)CC2)cc1)S(=O)(=O)c1ccccc1. The van der Waals surface area contributed by atoms with Crippen molar-refractivity contribution in [1.82, 2.24) is 4.90 Å². The maximum atomic E-state index is 13.7. The van der Waals surface area contributed by atoms with Gasteiger partial charge in [-0.1, -0.05) is 48.0 Å². The van der Waals surface area contributed by atoms with Crippen LogP contribution in [-0.2, 0) is 16.6 Å². The highest BCUT2D eigenvalue weighted by Gasteiger charge is 2.27. The van der Waals surface area contributed by atoms with E-state index in [1.54, 1.807) is 89.8 Å². The van der Waals surface area contributed by atoms with Crippen molar-refractivity contribution in [3.8, 4) is 0 Å². The van der Waals surface area contributed by atoms with Crippen LogP contribution >= 0.6 is 11.6 Å². The van der Waals surface area contributed by atoms with Gasteiger partial charge in [0.1, 0.15) is 5.82 Å². The molecule has 5 rings (SSSR count). The zero-order valence-electron chi connectivity index (χ0n) is 22.0. The van der Waals surface area contributed by atoms with E-state index < -0.39 is 10.0 Å². The Hall–Kier alpha value is -3.88. The molecule has 1 fully saturated rings. The van der Waals surface area contributed by atoms with Crippen LogP contribution in [0, 0.1) is 12.7 Å². The molecule has 1 saturated heterocycles. The topological polar surface area (TPSA) is 60.9 Å². The van der Waals surface area contributed by atoms with Crippen LogP contribution in [0.4, 0.5) is 15.8 Å². The number of carbonyl (C=O) groups excluding carboxylic acids is 1. The van der Waals surface area contributed by atoms with Gasteiger partial charge in [-0.25, -0.2) is 12.8 Å². The molecule has 0 spiro atoms. The molecule has 0 saturated carbocycles. The highest BCUT2D eigenvalue weighted by atomic mass is 35.5. The minimum Gasteiger partial charge on any atom is -0.368 e. The second-order valence-corrected chi connectivity index (χ2v) is 12.0. The molecule has 40 heavy (non-hydrogen) atoms. The van der Waals surface area contributed by atoms with E-state index in [-0.39, 0.29) is 23.2 Å². The van der Waals surface area contributed by atoms with Crippen molar-refractivity contribution in [1.29, 1.82) is 0 Å². The molecular formula is C31H29ClFN3O3S. The lowest BCUT2D eigenvalue weighted by molar-refractivity contribution is 0.0746. The number of aryl methyl sites for hydroxylation is 1. The maximum Gasteiger partial charge on any atom is 0.264 e. The minimum absolute atomic E-state index is 0.0726. The summed E-state index contributed by atoms with van der Waals surface area (Å²) in [6.45, 7) is 4.33. The highest BCUT2D eigenvalue weighted by molar-refractivity contribution is 7.92. The molecule has 6 nitrogen and oxygen atoms in total. The van der Waals surface area contributed by atoms with E-state index in [1.165, 1.54) is 16.4 Å². The predicted octanol–water partition coefficient (Wildman–Crippen LogP) is 6.15. The summed E-state index contributed by atoms with van der Waals surface area (Å²) in [6, 6.07) is 26.9. The molecule has 0 unspecified atom stereocenters. The number of piperazine rings is 1. The van der Waals surface area contributed by atoms with E-state index in [0.29, 0.717) is 42.5 Å². The third kappa shape index (κ3) is 5.98. The smallest absolute Gasteiger partial charge is 0.264 e. The van der Waals surface area contributed by atoms with Crippen molar-refractivity contribution in [2.75, 3.05) is 35.4 Å². The molecule has 1 aliphatic heterocycles. The van der Waals surface area contributed by atoms with Crippen LogP contribution in [0.15, 0.2) is 102 Å². The van der Waals surface area contributed by atoms with E-state index in [4.69, 9.17) is 11.6 Å². The summed E-state index contributed by atoms with van der Waals surface area (Å²) in [5.41, 5.74) is 3.47. The number of sulfonamides is 1. The Balaban J connectivity index is 1.32. The van der Waals surface area contributed by atoms with Crippen LogP contribution in [-0.4, -0.2) is 45.4 Å². The molecule has 9 heteroatoms. The quantitative estimate of drug-likeness (QED) is 0.264. The molecule has 1 aliphatic rings. The minimum atomic E-state index is -3.89. The van der Waals surface area contributed by atoms with Crippen LogP contribution < -0.4 is 9.21 Å². The largest absolute Gasteiger partial charge is 0.368 e. The number of hydrogen-bond donors (Lipinski definition) is 0. The fraction of sp³-hybridized carbons (Fsp3) is 0.194. The Morgan fingerprint density at radius 3 is 2.17 bits per heavy atom. The van der Waals surface area contributed by atoms with Gasteiger partial charge in [-0.2, -0.15) is 0 Å². The van der Waals surface area contributed by atoms with E-state index in [0.717, 1.165) is 16.8 Å². The maximum absolute atomic E-state index is 13.7. The summed E-state index contributed by atoms with van der Waals surface area (Å²) in [4.78, 5) is 17.3. The molecule has 0 aromatic heterocycles. The first-order chi connectivity index (χ1) is 19.2. The molecule has 0 atom stereocenters. The normalized spacial score (nSPS) is 13.8. The van der Waals surface area contributed by atoms with Gasteiger partial charge in [0.15, 0.2) is 0 Å². The van der Waals surface area contributed by atoms with E-state index in [1.807, 2.05) is 6.92 Å². The number of carbonyl (C=O) groups is 1. The zero-order chi connectivity index (χ0) is 28.3. The Morgan fingerprint density at radius 1 is 0.875 bits per heavy atom. The van der Waals surface area contributed by atoms with Gasteiger partial charge in [-0.05, 0) is 78.7 Å². The van der Waals surface area contributed by atoms with Gasteiger partial charge >= 0.3 is 0 Å². The molecule has 0 radical (unpaired) electrons. The number of hydrogen-bond acceptors (Lipinski definition) is 4. The predicted molar refractivity (Wildman–Crippen MR) is 157 cm³/mol. The third-order valence-corrected chi connectivity index (χ3v) is 9.07. The Labute approximate surface area is 239 Å². The average molecular weight is 578 g/mol. The van der Waals surface area contributed by atoms with E-state index in [2.05, 4.69) is 4.90 Å². The van der Waals surface area contributed by atoms with Crippen molar-refractivity contribution < 1.29 is 17.6 Å². The lowest BCUT2D eigenvalue weighted by atomic mass is 10.1. The summed E-state index contributed by atoms with van der Waals surface area (Å²) >= 11 is 6.26. The standard InChI is InChI=1S/C31H29ClFN3O3S/c1-23-7-12-26(32)21-30(23)36(40(38,39)29-5-3-2-4-6-29)22-24-8-10-25(11-9-24)31(37)35-19-17-34(18-20-35)28-15-13-27(33)14-16-28/h2-16,21H,17-20,22H2,1H3. The fourth-order valence-corrected chi connectivity index (χ4v) is 6.49. The van der Waals surface area contributed by atoms with Crippen LogP contribution in [0.5, 0.6) is 0 Å². The molecule has 4 aromatic carbocycles. The summed E-state index contributed by atoms with van der Waals surface area (Å²) in [6.07, 6.45) is 0. The number of amides is 1. The number of anilines is 2. The van der Waals surface area contributed by atoms with Crippen molar-refractivity contribution in [2.24, 2.45) is 0 Å². The van der Waals surface area contributed by atoms with Crippen LogP contribution in [0.1, 0.15) is 21.5 Å². The van der Waals surface area contributed by atoms with Crippen LogP contribution in [0.3, 0.4) is 0 Å². The Morgan fingerprint density at radius 2 is 1.52 bits per heavy atom. The fourth-order valence-electron chi connectivity index (χ4n) is 4.79. The van der Waals surface area contributed by atoms with Crippen molar-refractivity contribution in [2.45, 2.75) is 18.4 Å². The van der Waals surface area contributed by atoms with Gasteiger partial charge in [-0.3, -0.25) is 9.10 Å². The Bertz CT molecular complexity index is 1590. The summed E-state index contributed by atoms with van der Waals surface area (Å²) in [5, 5.41) is 0.439. The van der Waals surface area contributed by atoms with Crippen LogP contribution in [0.25, 0.3) is 0 Å². The molecule has 0 aliphatic carbocycles. The molecular weight excluding hydrogens is 549 g/mol. The number of rotatable bonds is 7. The average Bonchev–Trinajstić information content (AvgIpc) is 2.98. The highest BCUT2D eigenvalue weighted by Crippen LogP contribution is 2.31. The summed E-state index contributed by atoms with van der Waals surface area (Å²) in [5.74, 6) is -0.353. The first-order valence-electron chi connectivity index (χ1n) is 12.9. The first kappa shape index (κ1) is 27.7. The molecule has 0 bridgehead atoms. The van der Waals surface area contributed by atoms with Gasteiger partial charge < -0.3 is 9.80 Å². The first-order valence-corrected chi connectivity index (χ1v) is 14.8. The van der Waals surface area contributed by atoms with Gasteiger partial charge in [0.05, 0.1) is 17.1 Å². The second-order valence-electron chi connectivity index (χ2n) is 9.71. The zero-order valence-corrected chi connectivity index (χ0v) is 23.6. The van der Waals surface area contributed by atoms with E-state index >= 15 is 0 Å². The van der Waals surface area contributed by atoms with Gasteiger partial charge in [0, 0.05) is 42.5 Å². The molecule has 1 heterocycles. The lowest BCUT2D eigenvalue weighted by Gasteiger charge is -2.36. The molecule has 206 valence electrons. The lowest BCUT2D eigenvalue weighted by Crippen LogP contribution is -2.48. The number of nitrogens with zero attached hydrogens (tertiary/aromatic N) is 3. The molecule has 0 N–H and O–H groups in total. The number of halogens is 2. The van der Waals surface area contributed by atoms with E-state index in [9.17, 15) is 17.6 Å². The Kier molecular flexibility index (Phi) is 8.09. The van der Waals surface area contributed by atoms with Crippen LogP contribution in [0.2, 0.25) is 5.02 Å². The van der Waals surface area contributed by atoms with Gasteiger partial charge in [-0.15, -0.1) is 0 Å². The molecule has 4 aromatic rings. The third-order valence-electron chi connectivity index (χ3n) is 7.06. The van der Waals surface area contributed by atoms with Crippen molar-refractivity contribution in [3.63, 3.8) is 0 Å². The van der Waals surface area contributed by atoms with Gasteiger partial charge in [0.2, 0.25) is 0 Å².